The molecule has 1 aromatic heterocycles. The predicted octanol–water partition coefficient (Wildman–Crippen LogP) is 6.98. The zero-order valence-corrected chi connectivity index (χ0v) is 23.6. The highest BCUT2D eigenvalue weighted by Crippen LogP contribution is 2.21. The summed E-state index contributed by atoms with van der Waals surface area (Å²) in [6.45, 7) is 8.10. The Bertz CT molecular complexity index is 1130. The molecule has 6 nitrogen and oxygen atoms in total. The van der Waals surface area contributed by atoms with E-state index in [9.17, 15) is 9.59 Å². The summed E-state index contributed by atoms with van der Waals surface area (Å²) in [7, 11) is 0. The van der Waals surface area contributed by atoms with Gasteiger partial charge in [0.1, 0.15) is 12.4 Å². The van der Waals surface area contributed by atoms with Crippen molar-refractivity contribution in [1.82, 2.24) is 9.88 Å². The van der Waals surface area contributed by atoms with Crippen LogP contribution in [-0.2, 0) is 16.0 Å². The fourth-order valence-corrected chi connectivity index (χ4v) is 4.46. The van der Waals surface area contributed by atoms with E-state index in [-0.39, 0.29) is 17.8 Å². The summed E-state index contributed by atoms with van der Waals surface area (Å²) < 4.78 is 11.3. The number of benzene rings is 2. The van der Waals surface area contributed by atoms with Crippen molar-refractivity contribution >= 4 is 11.9 Å². The van der Waals surface area contributed by atoms with Gasteiger partial charge in [-0.1, -0.05) is 63.4 Å². The topological polar surface area (TPSA) is 68.7 Å². The fraction of sp³-hybridized carbons (Fsp3) is 0.424. The number of rotatable bonds is 16. The smallest absolute Gasteiger partial charge is 0.309 e. The van der Waals surface area contributed by atoms with E-state index in [1.54, 1.807) is 6.20 Å². The third-order valence-corrected chi connectivity index (χ3v) is 6.72. The molecule has 0 spiro atoms. The standard InChI is InChI=1S/C33H42N2O4/c1-4-7-11-29(33(37)38-6-3)25-26-13-19-30(20-14-26)39-24-23-35(22-8-5-2)32(36)28-17-15-27(16-18-28)31-12-9-10-21-34-31/h9-10,12-21,29H,4-8,11,22-25H2,1-3H3. The highest BCUT2D eigenvalue weighted by atomic mass is 16.5. The first-order valence-electron chi connectivity index (χ1n) is 14.2. The summed E-state index contributed by atoms with van der Waals surface area (Å²) in [5.74, 6) is 0.525. The van der Waals surface area contributed by atoms with Crippen LogP contribution in [0.5, 0.6) is 5.75 Å². The lowest BCUT2D eigenvalue weighted by Gasteiger charge is -2.23. The molecule has 0 fully saturated rings. The first-order chi connectivity index (χ1) is 19.0. The van der Waals surface area contributed by atoms with Crippen LogP contribution in [0, 0.1) is 5.92 Å². The highest BCUT2D eigenvalue weighted by molar-refractivity contribution is 5.94. The molecule has 1 atom stereocenters. The van der Waals surface area contributed by atoms with Crippen molar-refractivity contribution in [2.24, 2.45) is 5.92 Å². The molecule has 1 amide bonds. The number of pyridine rings is 1. The van der Waals surface area contributed by atoms with Crippen LogP contribution < -0.4 is 4.74 Å². The largest absolute Gasteiger partial charge is 0.492 e. The number of carbonyl (C=O) groups is 2. The Morgan fingerprint density at radius 3 is 2.26 bits per heavy atom. The quantitative estimate of drug-likeness (QED) is 0.187. The van der Waals surface area contributed by atoms with Gasteiger partial charge in [0.25, 0.3) is 5.91 Å². The number of amides is 1. The van der Waals surface area contributed by atoms with E-state index in [1.165, 1.54) is 0 Å². The molecule has 0 saturated heterocycles. The van der Waals surface area contributed by atoms with Crippen LogP contribution in [-0.4, -0.2) is 48.1 Å². The number of ether oxygens (including phenoxy) is 2. The second-order valence-electron chi connectivity index (χ2n) is 9.73. The summed E-state index contributed by atoms with van der Waals surface area (Å²) in [4.78, 5) is 31.9. The third kappa shape index (κ3) is 9.54. The van der Waals surface area contributed by atoms with Crippen molar-refractivity contribution < 1.29 is 19.1 Å². The van der Waals surface area contributed by atoms with Crippen LogP contribution >= 0.6 is 0 Å². The van der Waals surface area contributed by atoms with Gasteiger partial charge in [0.05, 0.1) is 24.8 Å². The van der Waals surface area contributed by atoms with Crippen molar-refractivity contribution in [3.05, 3.63) is 84.1 Å². The Hall–Kier alpha value is -3.67. The second-order valence-corrected chi connectivity index (χ2v) is 9.73. The van der Waals surface area contributed by atoms with Gasteiger partial charge in [0.2, 0.25) is 0 Å². The summed E-state index contributed by atoms with van der Waals surface area (Å²) in [6, 6.07) is 21.3. The minimum Gasteiger partial charge on any atom is -0.492 e. The molecule has 1 unspecified atom stereocenters. The molecule has 2 aromatic carbocycles. The molecule has 3 aromatic rings. The number of unbranched alkanes of at least 4 members (excludes halogenated alkanes) is 2. The van der Waals surface area contributed by atoms with Crippen molar-refractivity contribution in [2.45, 2.75) is 59.3 Å². The molecule has 0 saturated carbocycles. The van der Waals surface area contributed by atoms with Crippen LogP contribution in [0.2, 0.25) is 0 Å². The minimum atomic E-state index is -0.118. The zero-order chi connectivity index (χ0) is 27.9. The number of nitrogens with zero attached hydrogens (tertiary/aromatic N) is 2. The molecular weight excluding hydrogens is 488 g/mol. The molecule has 1 heterocycles. The molecule has 6 heteroatoms. The van der Waals surface area contributed by atoms with Gasteiger partial charge in [-0.15, -0.1) is 0 Å². The predicted molar refractivity (Wildman–Crippen MR) is 156 cm³/mol. The van der Waals surface area contributed by atoms with Crippen molar-refractivity contribution in [3.8, 4) is 17.0 Å². The molecule has 0 bridgehead atoms. The second kappa shape index (κ2) is 16.3. The first-order valence-corrected chi connectivity index (χ1v) is 14.2. The van der Waals surface area contributed by atoms with Gasteiger partial charge in [-0.2, -0.15) is 0 Å². The molecular formula is C33H42N2O4. The molecule has 0 radical (unpaired) electrons. The maximum atomic E-state index is 13.3. The van der Waals surface area contributed by atoms with E-state index in [2.05, 4.69) is 18.8 Å². The highest BCUT2D eigenvalue weighted by Gasteiger charge is 2.20. The Balaban J connectivity index is 1.56. The van der Waals surface area contributed by atoms with Crippen LogP contribution in [0.1, 0.15) is 68.8 Å². The van der Waals surface area contributed by atoms with Crippen molar-refractivity contribution in [2.75, 3.05) is 26.3 Å². The number of aromatic nitrogens is 1. The summed E-state index contributed by atoms with van der Waals surface area (Å²) in [5, 5.41) is 0. The van der Waals surface area contributed by atoms with Crippen LogP contribution in [0.25, 0.3) is 11.3 Å². The number of hydrogen-bond acceptors (Lipinski definition) is 5. The van der Waals surface area contributed by atoms with E-state index < -0.39 is 0 Å². The molecule has 208 valence electrons. The van der Waals surface area contributed by atoms with Gasteiger partial charge >= 0.3 is 5.97 Å². The lowest BCUT2D eigenvalue weighted by molar-refractivity contribution is -0.148. The molecule has 0 aliphatic heterocycles. The maximum absolute atomic E-state index is 13.3. The summed E-state index contributed by atoms with van der Waals surface area (Å²) in [5.41, 5.74) is 3.62. The van der Waals surface area contributed by atoms with Gasteiger partial charge in [-0.3, -0.25) is 14.6 Å². The van der Waals surface area contributed by atoms with Gasteiger partial charge in [0, 0.05) is 23.9 Å². The average molecular weight is 531 g/mol. The van der Waals surface area contributed by atoms with E-state index >= 15 is 0 Å². The molecule has 3 rings (SSSR count). The van der Waals surface area contributed by atoms with Gasteiger partial charge in [0.15, 0.2) is 0 Å². The van der Waals surface area contributed by atoms with Crippen LogP contribution in [0.15, 0.2) is 72.9 Å². The van der Waals surface area contributed by atoms with Crippen molar-refractivity contribution in [3.63, 3.8) is 0 Å². The first kappa shape index (κ1) is 29.9. The van der Waals surface area contributed by atoms with Crippen LogP contribution in [0.3, 0.4) is 0 Å². The summed E-state index contributed by atoms with van der Waals surface area (Å²) in [6.07, 6.45) is 7.27. The zero-order valence-electron chi connectivity index (χ0n) is 23.6. The lowest BCUT2D eigenvalue weighted by Crippen LogP contribution is -2.35. The number of carbonyl (C=O) groups excluding carboxylic acids is 2. The molecule has 39 heavy (non-hydrogen) atoms. The number of esters is 1. The molecule has 0 aliphatic rings. The Kier molecular flexibility index (Phi) is 12.5. The average Bonchev–Trinajstić information content (AvgIpc) is 2.98. The van der Waals surface area contributed by atoms with Gasteiger partial charge < -0.3 is 14.4 Å². The normalized spacial score (nSPS) is 11.6. The molecule has 0 aliphatic carbocycles. The maximum Gasteiger partial charge on any atom is 0.309 e. The number of hydrogen-bond donors (Lipinski definition) is 0. The van der Waals surface area contributed by atoms with Crippen molar-refractivity contribution in [1.29, 1.82) is 0 Å². The van der Waals surface area contributed by atoms with E-state index in [0.717, 1.165) is 54.7 Å². The minimum absolute atomic E-state index is 0.00653. The fourth-order valence-electron chi connectivity index (χ4n) is 4.46. The van der Waals surface area contributed by atoms with E-state index in [1.807, 2.05) is 78.6 Å². The van der Waals surface area contributed by atoms with E-state index in [0.29, 0.717) is 38.3 Å². The Labute approximate surface area is 233 Å². The Morgan fingerprint density at radius 2 is 1.62 bits per heavy atom. The lowest BCUT2D eigenvalue weighted by atomic mass is 9.94. The Morgan fingerprint density at radius 1 is 0.872 bits per heavy atom. The van der Waals surface area contributed by atoms with Gasteiger partial charge in [-0.05, 0) is 68.1 Å². The van der Waals surface area contributed by atoms with Crippen LogP contribution in [0.4, 0.5) is 0 Å². The molecule has 0 N–H and O–H groups in total. The SMILES string of the molecule is CCCCC(Cc1ccc(OCCN(CCCC)C(=O)c2ccc(-c3ccccn3)cc2)cc1)C(=O)OCC. The van der Waals surface area contributed by atoms with E-state index in [4.69, 9.17) is 9.47 Å². The summed E-state index contributed by atoms with van der Waals surface area (Å²) >= 11 is 0. The van der Waals surface area contributed by atoms with Gasteiger partial charge in [-0.25, -0.2) is 0 Å². The third-order valence-electron chi connectivity index (χ3n) is 6.72. The monoisotopic (exact) mass is 530 g/mol.